The molecule has 1 aliphatic carbocycles. The van der Waals surface area contributed by atoms with Crippen molar-refractivity contribution in [1.29, 1.82) is 0 Å². The molecule has 2 fully saturated rings. The molecule has 0 aromatic carbocycles. The summed E-state index contributed by atoms with van der Waals surface area (Å²) >= 11 is 0. The molecule has 4 amide bonds. The minimum Gasteiger partial charge on any atom is -0.444 e. The highest BCUT2D eigenvalue weighted by Gasteiger charge is 2.27. The highest BCUT2D eigenvalue weighted by Crippen LogP contribution is 2.20. The molecule has 0 radical (unpaired) electrons. The van der Waals surface area contributed by atoms with Crippen LogP contribution in [0.3, 0.4) is 0 Å². The zero-order valence-electron chi connectivity index (χ0n) is 19.9. The van der Waals surface area contributed by atoms with Gasteiger partial charge in [0.25, 0.3) is 0 Å². The van der Waals surface area contributed by atoms with Gasteiger partial charge >= 0.3 is 12.1 Å². The van der Waals surface area contributed by atoms with Crippen molar-refractivity contribution < 1.29 is 19.1 Å². The second-order valence-electron chi connectivity index (χ2n) is 10.0. The van der Waals surface area contributed by atoms with E-state index in [-0.39, 0.29) is 23.9 Å². The molecule has 0 spiro atoms. The quantitative estimate of drug-likeness (QED) is 0.595. The molecule has 2 rings (SSSR count). The number of hydrogen-bond donors (Lipinski definition) is 2. The Morgan fingerprint density at radius 3 is 2.45 bits per heavy atom. The van der Waals surface area contributed by atoms with Crippen LogP contribution < -0.4 is 10.6 Å². The van der Waals surface area contributed by atoms with Gasteiger partial charge in [-0.2, -0.15) is 0 Å². The summed E-state index contributed by atoms with van der Waals surface area (Å²) in [7, 11) is 1.75. The number of carbonyl (C=O) groups is 3. The number of rotatable bonds is 7. The van der Waals surface area contributed by atoms with Crippen molar-refractivity contribution in [2.45, 2.75) is 90.2 Å². The van der Waals surface area contributed by atoms with Crippen LogP contribution in [-0.4, -0.2) is 72.7 Å². The summed E-state index contributed by atoms with van der Waals surface area (Å²) in [6.07, 6.45) is 8.43. The Labute approximate surface area is 187 Å². The van der Waals surface area contributed by atoms with Crippen molar-refractivity contribution in [1.82, 2.24) is 20.4 Å². The van der Waals surface area contributed by atoms with Gasteiger partial charge in [0.2, 0.25) is 5.91 Å². The van der Waals surface area contributed by atoms with Crippen molar-refractivity contribution in [3.63, 3.8) is 0 Å². The normalized spacial score (nSPS) is 20.1. The van der Waals surface area contributed by atoms with E-state index in [9.17, 15) is 14.4 Å². The molecule has 0 bridgehead atoms. The second-order valence-corrected chi connectivity index (χ2v) is 10.0. The molecular formula is C23H42N4O4. The van der Waals surface area contributed by atoms with Gasteiger partial charge in [-0.05, 0) is 58.8 Å². The van der Waals surface area contributed by atoms with Crippen LogP contribution in [0, 0.1) is 5.92 Å². The number of amides is 4. The number of likely N-dealkylation sites (tertiary alicyclic amines) is 1. The SMILES string of the molecule is CN(CC1CCCN(C(=O)CCCNC(=O)NC2CCCCC2)C1)C(=O)OC(C)(C)C. The average molecular weight is 439 g/mol. The van der Waals surface area contributed by atoms with E-state index in [1.807, 2.05) is 25.7 Å². The highest BCUT2D eigenvalue weighted by molar-refractivity contribution is 5.77. The largest absolute Gasteiger partial charge is 0.444 e. The summed E-state index contributed by atoms with van der Waals surface area (Å²) in [5, 5.41) is 5.90. The van der Waals surface area contributed by atoms with Gasteiger partial charge in [-0.1, -0.05) is 19.3 Å². The first-order valence-electron chi connectivity index (χ1n) is 11.9. The van der Waals surface area contributed by atoms with E-state index in [2.05, 4.69) is 10.6 Å². The monoisotopic (exact) mass is 438 g/mol. The molecule has 1 heterocycles. The lowest BCUT2D eigenvalue weighted by Gasteiger charge is -2.35. The zero-order chi connectivity index (χ0) is 22.9. The molecule has 1 saturated heterocycles. The molecule has 1 atom stereocenters. The van der Waals surface area contributed by atoms with Crippen LogP contribution in [0.25, 0.3) is 0 Å². The predicted molar refractivity (Wildman–Crippen MR) is 121 cm³/mol. The Kier molecular flexibility index (Phi) is 9.91. The fourth-order valence-electron chi connectivity index (χ4n) is 4.33. The maximum atomic E-state index is 12.6. The smallest absolute Gasteiger partial charge is 0.410 e. The lowest BCUT2D eigenvalue weighted by Crippen LogP contribution is -2.45. The molecule has 8 nitrogen and oxygen atoms in total. The maximum Gasteiger partial charge on any atom is 0.410 e. The highest BCUT2D eigenvalue weighted by atomic mass is 16.6. The van der Waals surface area contributed by atoms with Crippen molar-refractivity contribution in [2.24, 2.45) is 5.92 Å². The molecule has 8 heteroatoms. The van der Waals surface area contributed by atoms with Crippen LogP contribution >= 0.6 is 0 Å². The van der Waals surface area contributed by atoms with Gasteiger partial charge in [0.1, 0.15) is 5.60 Å². The van der Waals surface area contributed by atoms with E-state index in [0.29, 0.717) is 38.5 Å². The number of nitrogens with zero attached hydrogens (tertiary/aromatic N) is 2. The van der Waals surface area contributed by atoms with Crippen LogP contribution in [0.15, 0.2) is 0 Å². The zero-order valence-corrected chi connectivity index (χ0v) is 19.9. The van der Waals surface area contributed by atoms with Crippen LogP contribution in [0.5, 0.6) is 0 Å². The Morgan fingerprint density at radius 1 is 1.06 bits per heavy atom. The van der Waals surface area contributed by atoms with E-state index in [4.69, 9.17) is 4.74 Å². The van der Waals surface area contributed by atoms with Gasteiger partial charge in [-0.25, -0.2) is 9.59 Å². The Morgan fingerprint density at radius 2 is 1.77 bits per heavy atom. The van der Waals surface area contributed by atoms with Gasteiger partial charge in [0.05, 0.1) is 0 Å². The van der Waals surface area contributed by atoms with E-state index in [0.717, 1.165) is 32.2 Å². The van der Waals surface area contributed by atoms with Crippen LogP contribution in [0.1, 0.15) is 78.6 Å². The van der Waals surface area contributed by atoms with Gasteiger partial charge in [-0.3, -0.25) is 4.79 Å². The third kappa shape index (κ3) is 9.78. The number of piperidine rings is 1. The second kappa shape index (κ2) is 12.2. The molecule has 0 aromatic rings. The number of nitrogens with one attached hydrogen (secondary N) is 2. The van der Waals surface area contributed by atoms with Crippen LogP contribution in [-0.2, 0) is 9.53 Å². The van der Waals surface area contributed by atoms with Crippen molar-refractivity contribution >= 4 is 18.0 Å². The molecular weight excluding hydrogens is 396 g/mol. The van der Waals surface area contributed by atoms with Gasteiger partial charge in [-0.15, -0.1) is 0 Å². The number of hydrogen-bond acceptors (Lipinski definition) is 4. The molecule has 0 aromatic heterocycles. The van der Waals surface area contributed by atoms with Gasteiger partial charge in [0, 0.05) is 45.7 Å². The fourth-order valence-corrected chi connectivity index (χ4v) is 4.33. The fraction of sp³-hybridized carbons (Fsp3) is 0.870. The summed E-state index contributed by atoms with van der Waals surface area (Å²) in [5.74, 6) is 0.383. The Bertz CT molecular complexity index is 599. The van der Waals surface area contributed by atoms with Crippen molar-refractivity contribution in [2.75, 3.05) is 33.2 Å². The molecule has 1 aliphatic heterocycles. The Balaban J connectivity index is 1.64. The average Bonchev–Trinajstić information content (AvgIpc) is 2.70. The molecule has 2 aliphatic rings. The molecule has 2 N–H and O–H groups in total. The van der Waals surface area contributed by atoms with E-state index in [1.165, 1.54) is 19.3 Å². The molecule has 1 saturated carbocycles. The van der Waals surface area contributed by atoms with Gasteiger partial charge in [0.15, 0.2) is 0 Å². The minimum absolute atomic E-state index is 0.123. The third-order valence-electron chi connectivity index (χ3n) is 5.90. The summed E-state index contributed by atoms with van der Waals surface area (Å²) in [6, 6.07) is 0.169. The number of carbonyl (C=O) groups excluding carboxylic acids is 3. The standard InChI is InChI=1S/C23H42N4O4/c1-23(2,3)31-22(30)26(4)16-18-10-9-15-27(17-18)20(28)13-8-14-24-21(29)25-19-11-6-5-7-12-19/h18-19H,5-17H2,1-4H3,(H2,24,25,29). The summed E-state index contributed by atoms with van der Waals surface area (Å²) in [5.41, 5.74) is -0.513. The van der Waals surface area contributed by atoms with E-state index in [1.54, 1.807) is 11.9 Å². The van der Waals surface area contributed by atoms with Crippen molar-refractivity contribution in [3.8, 4) is 0 Å². The van der Waals surface area contributed by atoms with E-state index < -0.39 is 5.60 Å². The van der Waals surface area contributed by atoms with E-state index >= 15 is 0 Å². The molecule has 31 heavy (non-hydrogen) atoms. The summed E-state index contributed by atoms with van der Waals surface area (Å²) < 4.78 is 5.41. The predicted octanol–water partition coefficient (Wildman–Crippen LogP) is 3.50. The third-order valence-corrected chi connectivity index (χ3v) is 5.90. The number of urea groups is 1. The first-order valence-corrected chi connectivity index (χ1v) is 11.9. The summed E-state index contributed by atoms with van der Waals surface area (Å²) in [4.78, 5) is 40.3. The molecule has 178 valence electrons. The van der Waals surface area contributed by atoms with Crippen molar-refractivity contribution in [3.05, 3.63) is 0 Å². The maximum absolute atomic E-state index is 12.6. The first kappa shape index (κ1) is 25.3. The lowest BCUT2D eigenvalue weighted by molar-refractivity contribution is -0.133. The van der Waals surface area contributed by atoms with Gasteiger partial charge < -0.3 is 25.2 Å². The Hall–Kier alpha value is -1.99. The number of ether oxygens (including phenoxy) is 1. The lowest BCUT2D eigenvalue weighted by atomic mass is 9.96. The first-order chi connectivity index (χ1) is 14.6. The van der Waals surface area contributed by atoms with Crippen LogP contribution in [0.2, 0.25) is 0 Å². The summed E-state index contributed by atoms with van der Waals surface area (Å²) in [6.45, 7) is 8.09. The minimum atomic E-state index is -0.513. The molecule has 1 unspecified atom stereocenters. The van der Waals surface area contributed by atoms with Crippen LogP contribution in [0.4, 0.5) is 9.59 Å². The topological polar surface area (TPSA) is 91.0 Å².